The molecule has 1 aromatic heterocycles. The van der Waals surface area contributed by atoms with Crippen LogP contribution >= 0.6 is 11.6 Å². The lowest BCUT2D eigenvalue weighted by atomic mass is 10.2. The molecule has 2 N–H and O–H groups in total. The molecule has 0 saturated heterocycles. The number of benzene rings is 1. The summed E-state index contributed by atoms with van der Waals surface area (Å²) in [5.41, 5.74) is 8.04. The molecule has 0 radical (unpaired) electrons. The molecule has 2 rings (SSSR count). The second-order valence-electron chi connectivity index (χ2n) is 4.33. The molecular formula is C14H19ClN2O. The molecule has 0 bridgehead atoms. The van der Waals surface area contributed by atoms with Gasteiger partial charge in [0.2, 0.25) is 0 Å². The van der Waals surface area contributed by atoms with E-state index in [-0.39, 0.29) is 0 Å². The second kappa shape index (κ2) is 6.23. The predicted octanol–water partition coefficient (Wildman–Crippen LogP) is 3.18. The van der Waals surface area contributed by atoms with E-state index in [4.69, 9.17) is 22.1 Å². The summed E-state index contributed by atoms with van der Waals surface area (Å²) in [6, 6.07) is 5.92. The quantitative estimate of drug-likeness (QED) is 0.816. The predicted molar refractivity (Wildman–Crippen MR) is 75.9 cm³/mol. The van der Waals surface area contributed by atoms with Crippen molar-refractivity contribution in [2.75, 3.05) is 13.2 Å². The molecule has 0 aliphatic carbocycles. The third kappa shape index (κ3) is 2.86. The monoisotopic (exact) mass is 266 g/mol. The lowest BCUT2D eigenvalue weighted by Crippen LogP contribution is -2.05. The van der Waals surface area contributed by atoms with E-state index >= 15 is 0 Å². The van der Waals surface area contributed by atoms with Crippen molar-refractivity contribution in [1.29, 1.82) is 0 Å². The summed E-state index contributed by atoms with van der Waals surface area (Å²) in [4.78, 5) is 0. The topological polar surface area (TPSA) is 40.2 Å². The van der Waals surface area contributed by atoms with Crippen LogP contribution in [0.2, 0.25) is 5.02 Å². The summed E-state index contributed by atoms with van der Waals surface area (Å²) >= 11 is 6.05. The van der Waals surface area contributed by atoms with Crippen molar-refractivity contribution in [3.63, 3.8) is 0 Å². The van der Waals surface area contributed by atoms with Crippen molar-refractivity contribution in [3.05, 3.63) is 35.0 Å². The van der Waals surface area contributed by atoms with Crippen LogP contribution in [0.25, 0.3) is 10.9 Å². The van der Waals surface area contributed by atoms with Gasteiger partial charge in [0.05, 0.1) is 6.61 Å². The molecule has 0 unspecified atom stereocenters. The van der Waals surface area contributed by atoms with Crippen LogP contribution < -0.4 is 5.73 Å². The number of aromatic nitrogens is 1. The Bertz CT molecular complexity index is 522. The van der Waals surface area contributed by atoms with Gasteiger partial charge >= 0.3 is 0 Å². The van der Waals surface area contributed by atoms with E-state index in [9.17, 15) is 0 Å². The van der Waals surface area contributed by atoms with Gasteiger partial charge in [-0.25, -0.2) is 0 Å². The summed E-state index contributed by atoms with van der Waals surface area (Å²) < 4.78 is 7.69. The molecule has 2 aromatic rings. The van der Waals surface area contributed by atoms with Gasteiger partial charge in [-0.1, -0.05) is 24.6 Å². The first-order valence-electron chi connectivity index (χ1n) is 6.31. The van der Waals surface area contributed by atoms with Gasteiger partial charge in [-0.3, -0.25) is 0 Å². The van der Waals surface area contributed by atoms with Crippen LogP contribution in [-0.2, 0) is 17.8 Å². The summed E-state index contributed by atoms with van der Waals surface area (Å²) in [7, 11) is 0. The van der Waals surface area contributed by atoms with Crippen molar-refractivity contribution < 1.29 is 4.74 Å². The number of rotatable bonds is 6. The molecule has 0 fully saturated rings. The van der Waals surface area contributed by atoms with Gasteiger partial charge < -0.3 is 15.0 Å². The maximum atomic E-state index is 6.05. The molecule has 3 nitrogen and oxygen atoms in total. The Morgan fingerprint density at radius 3 is 2.89 bits per heavy atom. The molecule has 0 spiro atoms. The lowest BCUT2D eigenvalue weighted by Gasteiger charge is -2.06. The first kappa shape index (κ1) is 13.4. The van der Waals surface area contributed by atoms with Gasteiger partial charge in [-0.05, 0) is 24.1 Å². The average Bonchev–Trinajstić information content (AvgIpc) is 2.72. The molecule has 0 atom stereocenters. The van der Waals surface area contributed by atoms with E-state index in [1.165, 1.54) is 5.39 Å². The minimum absolute atomic E-state index is 0.543. The molecule has 0 aliphatic rings. The summed E-state index contributed by atoms with van der Waals surface area (Å²) in [6.45, 7) is 5.01. The SMILES string of the molecule is CCCOCCn1cc(CN)c2ccc(Cl)cc21. The highest BCUT2D eigenvalue weighted by molar-refractivity contribution is 6.31. The summed E-state index contributed by atoms with van der Waals surface area (Å²) in [6.07, 6.45) is 3.14. The average molecular weight is 267 g/mol. The van der Waals surface area contributed by atoms with E-state index in [2.05, 4.69) is 17.7 Å². The van der Waals surface area contributed by atoms with Gasteiger partial charge in [0.25, 0.3) is 0 Å². The van der Waals surface area contributed by atoms with Crippen molar-refractivity contribution in [3.8, 4) is 0 Å². The zero-order valence-corrected chi connectivity index (χ0v) is 11.4. The van der Waals surface area contributed by atoms with Crippen LogP contribution in [0.4, 0.5) is 0 Å². The first-order chi connectivity index (χ1) is 8.76. The standard InChI is InChI=1S/C14H19ClN2O/c1-2-6-18-7-5-17-10-11(9-16)13-4-3-12(15)8-14(13)17/h3-4,8,10H,2,5-7,9,16H2,1H3. The van der Waals surface area contributed by atoms with Gasteiger partial charge in [-0.15, -0.1) is 0 Å². The Balaban J connectivity index is 2.23. The van der Waals surface area contributed by atoms with Crippen LogP contribution in [0.1, 0.15) is 18.9 Å². The summed E-state index contributed by atoms with van der Waals surface area (Å²) in [5, 5.41) is 1.93. The normalized spacial score (nSPS) is 11.3. The second-order valence-corrected chi connectivity index (χ2v) is 4.76. The Morgan fingerprint density at radius 1 is 1.33 bits per heavy atom. The lowest BCUT2D eigenvalue weighted by molar-refractivity contribution is 0.127. The first-order valence-corrected chi connectivity index (χ1v) is 6.69. The number of fused-ring (bicyclic) bond motifs is 1. The number of nitrogens with zero attached hydrogens (tertiary/aromatic N) is 1. The van der Waals surface area contributed by atoms with Gasteiger partial charge in [0.15, 0.2) is 0 Å². The van der Waals surface area contributed by atoms with Crippen molar-refractivity contribution in [2.24, 2.45) is 5.73 Å². The summed E-state index contributed by atoms with van der Waals surface area (Å²) in [5.74, 6) is 0. The molecule has 1 heterocycles. The fourth-order valence-electron chi connectivity index (χ4n) is 2.10. The van der Waals surface area contributed by atoms with Gasteiger partial charge in [0.1, 0.15) is 0 Å². The third-order valence-corrected chi connectivity index (χ3v) is 3.21. The maximum Gasteiger partial charge on any atom is 0.0645 e. The number of ether oxygens (including phenoxy) is 1. The van der Waals surface area contributed by atoms with Crippen LogP contribution in [-0.4, -0.2) is 17.8 Å². The Morgan fingerprint density at radius 2 is 2.17 bits per heavy atom. The molecule has 4 heteroatoms. The highest BCUT2D eigenvalue weighted by Gasteiger charge is 2.07. The third-order valence-electron chi connectivity index (χ3n) is 2.97. The fourth-order valence-corrected chi connectivity index (χ4v) is 2.26. The van der Waals surface area contributed by atoms with Crippen LogP contribution in [0, 0.1) is 0 Å². The fraction of sp³-hybridized carbons (Fsp3) is 0.429. The zero-order chi connectivity index (χ0) is 13.0. The van der Waals surface area contributed by atoms with Crippen LogP contribution in [0.15, 0.2) is 24.4 Å². The zero-order valence-electron chi connectivity index (χ0n) is 10.7. The maximum absolute atomic E-state index is 6.05. The Labute approximate surface area is 112 Å². The van der Waals surface area contributed by atoms with Crippen LogP contribution in [0.3, 0.4) is 0 Å². The number of halogens is 1. The number of nitrogens with two attached hydrogens (primary N) is 1. The van der Waals surface area contributed by atoms with E-state index in [1.807, 2.05) is 18.2 Å². The Hall–Kier alpha value is -1.03. The molecule has 0 aliphatic heterocycles. The highest BCUT2D eigenvalue weighted by Crippen LogP contribution is 2.24. The Kier molecular flexibility index (Phi) is 4.64. The van der Waals surface area contributed by atoms with Gasteiger partial charge in [0, 0.05) is 41.8 Å². The van der Waals surface area contributed by atoms with E-state index in [1.54, 1.807) is 0 Å². The van der Waals surface area contributed by atoms with E-state index in [0.717, 1.165) is 35.7 Å². The number of hydrogen-bond acceptors (Lipinski definition) is 2. The molecular weight excluding hydrogens is 248 g/mol. The smallest absolute Gasteiger partial charge is 0.0645 e. The van der Waals surface area contributed by atoms with Crippen molar-refractivity contribution >= 4 is 22.5 Å². The molecule has 0 amide bonds. The van der Waals surface area contributed by atoms with Crippen LogP contribution in [0.5, 0.6) is 0 Å². The minimum atomic E-state index is 0.543. The van der Waals surface area contributed by atoms with Crippen molar-refractivity contribution in [2.45, 2.75) is 26.4 Å². The molecule has 18 heavy (non-hydrogen) atoms. The van der Waals surface area contributed by atoms with Gasteiger partial charge in [-0.2, -0.15) is 0 Å². The molecule has 0 saturated carbocycles. The highest BCUT2D eigenvalue weighted by atomic mass is 35.5. The molecule has 1 aromatic carbocycles. The molecule has 98 valence electrons. The van der Waals surface area contributed by atoms with E-state index < -0.39 is 0 Å². The minimum Gasteiger partial charge on any atom is -0.380 e. The van der Waals surface area contributed by atoms with Crippen molar-refractivity contribution in [1.82, 2.24) is 4.57 Å². The largest absolute Gasteiger partial charge is 0.380 e. The number of hydrogen-bond donors (Lipinski definition) is 1. The van der Waals surface area contributed by atoms with E-state index in [0.29, 0.717) is 13.2 Å².